The standard InChI is InChI=1S/C10H15N3O2/c11-9-2-1-3-12-10(9)13-4-5-15-7-8(13)6-14/h1-3,8,14H,4-7,11H2. The minimum atomic E-state index is -0.0454. The summed E-state index contributed by atoms with van der Waals surface area (Å²) in [5.41, 5.74) is 6.48. The number of hydrogen-bond acceptors (Lipinski definition) is 5. The smallest absolute Gasteiger partial charge is 0.152 e. The van der Waals surface area contributed by atoms with Gasteiger partial charge in [-0.25, -0.2) is 4.98 Å². The van der Waals surface area contributed by atoms with Gasteiger partial charge in [-0.1, -0.05) is 0 Å². The van der Waals surface area contributed by atoms with Gasteiger partial charge in [-0.3, -0.25) is 0 Å². The van der Waals surface area contributed by atoms with Crippen LogP contribution in [0.5, 0.6) is 0 Å². The van der Waals surface area contributed by atoms with E-state index in [0.717, 1.165) is 5.82 Å². The summed E-state index contributed by atoms with van der Waals surface area (Å²) in [6.07, 6.45) is 1.70. The van der Waals surface area contributed by atoms with Gasteiger partial charge in [0, 0.05) is 12.7 Å². The van der Waals surface area contributed by atoms with Crippen molar-refractivity contribution in [3.05, 3.63) is 18.3 Å². The summed E-state index contributed by atoms with van der Waals surface area (Å²) in [4.78, 5) is 6.23. The predicted molar refractivity (Wildman–Crippen MR) is 57.7 cm³/mol. The average Bonchev–Trinajstić information content (AvgIpc) is 2.30. The molecule has 5 heteroatoms. The molecule has 0 bridgehead atoms. The Balaban J connectivity index is 2.24. The normalized spacial score (nSPS) is 21.7. The van der Waals surface area contributed by atoms with E-state index in [1.807, 2.05) is 11.0 Å². The van der Waals surface area contributed by atoms with E-state index in [1.165, 1.54) is 0 Å². The van der Waals surface area contributed by atoms with Crippen molar-refractivity contribution in [2.24, 2.45) is 0 Å². The zero-order chi connectivity index (χ0) is 10.7. The third kappa shape index (κ3) is 2.03. The van der Waals surface area contributed by atoms with Crippen LogP contribution in [0.15, 0.2) is 18.3 Å². The van der Waals surface area contributed by atoms with Gasteiger partial charge in [0.05, 0.1) is 31.5 Å². The van der Waals surface area contributed by atoms with Crippen molar-refractivity contribution in [3.8, 4) is 0 Å². The number of hydrogen-bond donors (Lipinski definition) is 2. The molecule has 1 fully saturated rings. The van der Waals surface area contributed by atoms with Gasteiger partial charge in [0.25, 0.3) is 0 Å². The Bertz CT molecular complexity index is 332. The Kier molecular flexibility index (Phi) is 3.03. The highest BCUT2D eigenvalue weighted by atomic mass is 16.5. The maximum absolute atomic E-state index is 9.22. The number of rotatable bonds is 2. The average molecular weight is 209 g/mol. The Labute approximate surface area is 88.5 Å². The molecule has 2 rings (SSSR count). The van der Waals surface area contributed by atoms with Crippen molar-refractivity contribution in [2.45, 2.75) is 6.04 Å². The first-order valence-corrected chi connectivity index (χ1v) is 4.98. The molecule has 1 aliphatic heterocycles. The second-order valence-electron chi connectivity index (χ2n) is 3.52. The molecule has 0 radical (unpaired) electrons. The molecule has 0 aromatic carbocycles. The van der Waals surface area contributed by atoms with Crippen LogP contribution in [0.4, 0.5) is 11.5 Å². The number of ether oxygens (including phenoxy) is 1. The largest absolute Gasteiger partial charge is 0.396 e. The van der Waals surface area contributed by atoms with E-state index in [4.69, 9.17) is 10.5 Å². The molecule has 1 aromatic heterocycles. The first kappa shape index (κ1) is 10.2. The second-order valence-corrected chi connectivity index (χ2v) is 3.52. The molecule has 1 unspecified atom stereocenters. The number of aliphatic hydroxyl groups is 1. The molecule has 0 saturated carbocycles. The number of pyridine rings is 1. The number of anilines is 2. The van der Waals surface area contributed by atoms with Crippen LogP contribution in [0, 0.1) is 0 Å². The van der Waals surface area contributed by atoms with Gasteiger partial charge in [-0.05, 0) is 12.1 Å². The Morgan fingerprint density at radius 3 is 3.27 bits per heavy atom. The van der Waals surface area contributed by atoms with Gasteiger partial charge in [0.1, 0.15) is 0 Å². The van der Waals surface area contributed by atoms with E-state index >= 15 is 0 Å². The molecule has 1 aromatic rings. The molecule has 1 aliphatic rings. The Morgan fingerprint density at radius 1 is 1.67 bits per heavy atom. The van der Waals surface area contributed by atoms with Crippen LogP contribution in [0.3, 0.4) is 0 Å². The first-order valence-electron chi connectivity index (χ1n) is 4.98. The number of aliphatic hydroxyl groups excluding tert-OH is 1. The maximum Gasteiger partial charge on any atom is 0.152 e. The van der Waals surface area contributed by atoms with Crippen molar-refractivity contribution in [1.29, 1.82) is 0 Å². The van der Waals surface area contributed by atoms with E-state index in [0.29, 0.717) is 25.4 Å². The molecule has 1 atom stereocenters. The molecule has 5 nitrogen and oxygen atoms in total. The SMILES string of the molecule is Nc1cccnc1N1CCOCC1CO. The van der Waals surface area contributed by atoms with Crippen molar-refractivity contribution in [1.82, 2.24) is 4.98 Å². The summed E-state index contributed by atoms with van der Waals surface area (Å²) in [5, 5.41) is 9.22. The minimum Gasteiger partial charge on any atom is -0.396 e. The van der Waals surface area contributed by atoms with Gasteiger partial charge in [0.15, 0.2) is 5.82 Å². The third-order valence-electron chi connectivity index (χ3n) is 2.53. The van der Waals surface area contributed by atoms with E-state index < -0.39 is 0 Å². The van der Waals surface area contributed by atoms with Crippen LogP contribution in [0.1, 0.15) is 0 Å². The van der Waals surface area contributed by atoms with Crippen LogP contribution >= 0.6 is 0 Å². The van der Waals surface area contributed by atoms with Crippen LogP contribution < -0.4 is 10.6 Å². The minimum absolute atomic E-state index is 0.0454. The molecule has 0 aliphatic carbocycles. The van der Waals surface area contributed by atoms with E-state index in [1.54, 1.807) is 12.3 Å². The van der Waals surface area contributed by atoms with Crippen molar-refractivity contribution < 1.29 is 9.84 Å². The summed E-state index contributed by atoms with van der Waals surface area (Å²) < 4.78 is 5.29. The number of aromatic nitrogens is 1. The molecular formula is C10H15N3O2. The zero-order valence-electron chi connectivity index (χ0n) is 8.47. The topological polar surface area (TPSA) is 71.6 Å². The van der Waals surface area contributed by atoms with Crippen molar-refractivity contribution in [3.63, 3.8) is 0 Å². The lowest BCUT2D eigenvalue weighted by molar-refractivity contribution is 0.0724. The highest BCUT2D eigenvalue weighted by molar-refractivity contribution is 5.62. The fourth-order valence-electron chi connectivity index (χ4n) is 1.73. The molecule has 0 spiro atoms. The second kappa shape index (κ2) is 4.46. The van der Waals surface area contributed by atoms with Crippen LogP contribution in [-0.4, -0.2) is 42.5 Å². The number of nitrogens with two attached hydrogens (primary N) is 1. The van der Waals surface area contributed by atoms with Gasteiger partial charge >= 0.3 is 0 Å². The van der Waals surface area contributed by atoms with Gasteiger partial charge < -0.3 is 20.5 Å². The van der Waals surface area contributed by atoms with Crippen molar-refractivity contribution in [2.75, 3.05) is 37.0 Å². The lowest BCUT2D eigenvalue weighted by Crippen LogP contribution is -2.48. The molecule has 3 N–H and O–H groups in total. The highest BCUT2D eigenvalue weighted by Crippen LogP contribution is 2.22. The van der Waals surface area contributed by atoms with Crippen LogP contribution in [0.25, 0.3) is 0 Å². The monoisotopic (exact) mass is 209 g/mol. The Hall–Kier alpha value is -1.33. The van der Waals surface area contributed by atoms with E-state index in [9.17, 15) is 5.11 Å². The predicted octanol–water partition coefficient (Wildman–Crippen LogP) is -0.139. The molecular weight excluding hydrogens is 194 g/mol. The van der Waals surface area contributed by atoms with Crippen LogP contribution in [0.2, 0.25) is 0 Å². The van der Waals surface area contributed by atoms with Gasteiger partial charge in [-0.15, -0.1) is 0 Å². The zero-order valence-corrected chi connectivity index (χ0v) is 8.47. The summed E-state index contributed by atoms with van der Waals surface area (Å²) in [7, 11) is 0. The molecule has 1 saturated heterocycles. The van der Waals surface area contributed by atoms with Gasteiger partial charge in [0.2, 0.25) is 0 Å². The first-order chi connectivity index (χ1) is 7.33. The summed E-state index contributed by atoms with van der Waals surface area (Å²) in [6.45, 7) is 1.93. The molecule has 0 amide bonds. The quantitative estimate of drug-likeness (QED) is 0.709. The number of nitrogens with zero attached hydrogens (tertiary/aromatic N) is 2. The lowest BCUT2D eigenvalue weighted by Gasteiger charge is -2.35. The fraction of sp³-hybridized carbons (Fsp3) is 0.500. The Morgan fingerprint density at radius 2 is 2.53 bits per heavy atom. The lowest BCUT2D eigenvalue weighted by atomic mass is 10.2. The third-order valence-corrected chi connectivity index (χ3v) is 2.53. The molecule has 82 valence electrons. The fourth-order valence-corrected chi connectivity index (χ4v) is 1.73. The van der Waals surface area contributed by atoms with Crippen molar-refractivity contribution >= 4 is 11.5 Å². The maximum atomic E-state index is 9.22. The van der Waals surface area contributed by atoms with Gasteiger partial charge in [-0.2, -0.15) is 0 Å². The van der Waals surface area contributed by atoms with E-state index in [-0.39, 0.29) is 12.6 Å². The van der Waals surface area contributed by atoms with Crippen LogP contribution in [-0.2, 0) is 4.74 Å². The number of morpholine rings is 1. The highest BCUT2D eigenvalue weighted by Gasteiger charge is 2.24. The molecule has 2 heterocycles. The molecule has 15 heavy (non-hydrogen) atoms. The van der Waals surface area contributed by atoms with E-state index in [2.05, 4.69) is 4.98 Å². The summed E-state index contributed by atoms with van der Waals surface area (Å²) in [6, 6.07) is 3.57. The summed E-state index contributed by atoms with van der Waals surface area (Å²) >= 11 is 0. The summed E-state index contributed by atoms with van der Waals surface area (Å²) in [5.74, 6) is 0.736. The number of nitrogen functional groups attached to an aromatic ring is 1.